The Kier molecular flexibility index (Phi) is 5.46. The molecule has 29 heavy (non-hydrogen) atoms. The zero-order valence-electron chi connectivity index (χ0n) is 16.2. The summed E-state index contributed by atoms with van der Waals surface area (Å²) < 4.78 is 10.5. The summed E-state index contributed by atoms with van der Waals surface area (Å²) in [4.78, 5) is 28.8. The fourth-order valence-corrected chi connectivity index (χ4v) is 5.60. The van der Waals surface area contributed by atoms with E-state index in [1.165, 1.54) is 18.9 Å². The molecule has 0 saturated carbocycles. The van der Waals surface area contributed by atoms with Gasteiger partial charge in [0.15, 0.2) is 4.87 Å². The molecule has 4 rings (SSSR count). The Morgan fingerprint density at radius 3 is 2.76 bits per heavy atom. The van der Waals surface area contributed by atoms with Crippen LogP contribution in [0.5, 0.6) is 5.75 Å². The van der Waals surface area contributed by atoms with Crippen LogP contribution in [0.15, 0.2) is 42.5 Å². The van der Waals surface area contributed by atoms with E-state index in [0.29, 0.717) is 29.6 Å². The Hall–Kier alpha value is -2.22. The molecule has 1 saturated heterocycles. The molecule has 2 heterocycles. The van der Waals surface area contributed by atoms with Gasteiger partial charge in [0.25, 0.3) is 5.91 Å². The number of anilines is 1. The Balaban J connectivity index is 1.82. The van der Waals surface area contributed by atoms with E-state index in [4.69, 9.17) is 21.1 Å². The summed E-state index contributed by atoms with van der Waals surface area (Å²) >= 11 is 7.83. The molecule has 1 atom stereocenters. The molecule has 0 aromatic heterocycles. The smallest absolute Gasteiger partial charge is 0.268 e. The summed E-state index contributed by atoms with van der Waals surface area (Å²) in [6.07, 6.45) is 0. The molecule has 1 fully saturated rings. The van der Waals surface area contributed by atoms with Gasteiger partial charge in [-0.2, -0.15) is 0 Å². The second-order valence-electron chi connectivity index (χ2n) is 6.84. The van der Waals surface area contributed by atoms with Crippen molar-refractivity contribution in [2.45, 2.75) is 11.4 Å². The summed E-state index contributed by atoms with van der Waals surface area (Å²) in [5, 5.41) is 0.600. The van der Waals surface area contributed by atoms with E-state index in [1.807, 2.05) is 36.4 Å². The van der Waals surface area contributed by atoms with Gasteiger partial charge in [-0.15, -0.1) is 11.8 Å². The van der Waals surface area contributed by atoms with Gasteiger partial charge in [-0.05, 0) is 29.8 Å². The van der Waals surface area contributed by atoms with E-state index in [-0.39, 0.29) is 18.4 Å². The summed E-state index contributed by atoms with van der Waals surface area (Å²) in [6.45, 7) is 0.737. The quantitative estimate of drug-likeness (QED) is 0.725. The maximum Gasteiger partial charge on any atom is 0.268 e. The molecule has 2 aromatic rings. The third kappa shape index (κ3) is 3.17. The van der Waals surface area contributed by atoms with Crippen LogP contribution in [0.2, 0.25) is 5.02 Å². The monoisotopic (exact) mass is 432 g/mol. The van der Waals surface area contributed by atoms with Crippen molar-refractivity contribution in [3.8, 4) is 5.75 Å². The van der Waals surface area contributed by atoms with Crippen molar-refractivity contribution in [3.05, 3.63) is 58.6 Å². The first-order valence-corrected chi connectivity index (χ1v) is 10.6. The summed E-state index contributed by atoms with van der Waals surface area (Å²) in [6, 6.07) is 13.0. The van der Waals surface area contributed by atoms with Crippen LogP contribution in [-0.2, 0) is 25.7 Å². The molecule has 2 aliphatic heterocycles. The molecule has 2 aliphatic rings. The van der Waals surface area contributed by atoms with E-state index < -0.39 is 4.87 Å². The van der Waals surface area contributed by atoms with E-state index in [9.17, 15) is 9.59 Å². The molecule has 1 spiro atoms. The molecule has 2 aromatic carbocycles. The van der Waals surface area contributed by atoms with E-state index in [2.05, 4.69) is 0 Å². The number of benzene rings is 2. The highest BCUT2D eigenvalue weighted by Gasteiger charge is 2.59. The van der Waals surface area contributed by atoms with Crippen molar-refractivity contribution < 1.29 is 19.1 Å². The molecule has 6 nitrogen and oxygen atoms in total. The highest BCUT2D eigenvalue weighted by Crippen LogP contribution is 2.55. The molecule has 0 aliphatic carbocycles. The molecule has 8 heteroatoms. The molecular weight excluding hydrogens is 412 g/mol. The number of halogens is 1. The molecular formula is C21H21ClN2O4S. The number of nitrogens with zero attached hydrogens (tertiary/aromatic N) is 2. The Labute approximate surface area is 178 Å². The zero-order valence-corrected chi connectivity index (χ0v) is 17.8. The third-order valence-corrected chi connectivity index (χ3v) is 7.04. The number of ether oxygens (including phenoxy) is 2. The molecule has 2 amide bonds. The fraction of sp³-hybridized carbons (Fsp3) is 0.333. The standard InChI is InChI=1S/C21H21ClN2O4S/c1-27-13-19(25)24-9-10-29-21(24)16-11-15(28-2)7-8-18(16)23(20(21)26)12-14-5-3-4-6-17(14)22/h3-8,11H,9-10,12-13H2,1-2H3. The molecule has 0 N–H and O–H groups in total. The van der Waals surface area contributed by atoms with Gasteiger partial charge in [0, 0.05) is 30.0 Å². The third-order valence-electron chi connectivity index (χ3n) is 5.26. The lowest BCUT2D eigenvalue weighted by Crippen LogP contribution is -2.51. The predicted molar refractivity (Wildman–Crippen MR) is 113 cm³/mol. The van der Waals surface area contributed by atoms with Crippen LogP contribution < -0.4 is 9.64 Å². The van der Waals surface area contributed by atoms with Crippen molar-refractivity contribution in [2.75, 3.05) is 38.0 Å². The van der Waals surface area contributed by atoms with Crippen LogP contribution in [0.1, 0.15) is 11.1 Å². The lowest BCUT2D eigenvalue weighted by atomic mass is 10.1. The largest absolute Gasteiger partial charge is 0.497 e. The zero-order chi connectivity index (χ0) is 20.6. The van der Waals surface area contributed by atoms with Gasteiger partial charge in [0.1, 0.15) is 12.4 Å². The van der Waals surface area contributed by atoms with E-state index >= 15 is 0 Å². The number of carbonyl (C=O) groups excluding carboxylic acids is 2. The lowest BCUT2D eigenvalue weighted by Gasteiger charge is -2.33. The average molecular weight is 433 g/mol. The van der Waals surface area contributed by atoms with Crippen molar-refractivity contribution in [3.63, 3.8) is 0 Å². The van der Waals surface area contributed by atoms with Crippen LogP contribution in [-0.4, -0.2) is 49.8 Å². The van der Waals surface area contributed by atoms with E-state index in [1.54, 1.807) is 23.0 Å². The summed E-state index contributed by atoms with van der Waals surface area (Å²) in [7, 11) is 3.06. The minimum Gasteiger partial charge on any atom is -0.497 e. The van der Waals surface area contributed by atoms with E-state index in [0.717, 1.165) is 16.8 Å². The molecule has 0 bridgehead atoms. The summed E-state index contributed by atoms with van der Waals surface area (Å²) in [5.41, 5.74) is 2.38. The van der Waals surface area contributed by atoms with Gasteiger partial charge in [-0.1, -0.05) is 29.8 Å². The second-order valence-corrected chi connectivity index (χ2v) is 8.53. The SMILES string of the molecule is COCC(=O)N1CCSC12C(=O)N(Cc1ccccc1Cl)c1ccc(OC)cc12. The first-order chi connectivity index (χ1) is 14.0. The number of thioether (sulfide) groups is 1. The number of rotatable bonds is 5. The number of hydrogen-bond acceptors (Lipinski definition) is 5. The van der Waals surface area contributed by atoms with Crippen LogP contribution in [0.4, 0.5) is 5.69 Å². The topological polar surface area (TPSA) is 59.1 Å². The number of carbonyl (C=O) groups is 2. The van der Waals surface area contributed by atoms with Crippen LogP contribution >= 0.6 is 23.4 Å². The average Bonchev–Trinajstić information content (AvgIpc) is 3.27. The number of hydrogen-bond donors (Lipinski definition) is 0. The van der Waals surface area contributed by atoms with Gasteiger partial charge in [0.05, 0.1) is 19.3 Å². The maximum absolute atomic E-state index is 13.8. The Bertz CT molecular complexity index is 969. The van der Waals surface area contributed by atoms with Gasteiger partial charge < -0.3 is 19.3 Å². The van der Waals surface area contributed by atoms with Crippen molar-refractivity contribution >= 4 is 40.9 Å². The van der Waals surface area contributed by atoms with Gasteiger partial charge in [-0.3, -0.25) is 9.59 Å². The highest BCUT2D eigenvalue weighted by atomic mass is 35.5. The molecule has 152 valence electrons. The van der Waals surface area contributed by atoms with Gasteiger partial charge >= 0.3 is 0 Å². The Morgan fingerprint density at radius 1 is 1.24 bits per heavy atom. The minimum absolute atomic E-state index is 0.0700. The van der Waals surface area contributed by atoms with Crippen LogP contribution in [0, 0.1) is 0 Å². The van der Waals surface area contributed by atoms with Gasteiger partial charge in [0.2, 0.25) is 5.91 Å². The lowest BCUT2D eigenvalue weighted by molar-refractivity contribution is -0.143. The minimum atomic E-state index is -1.11. The second kappa shape index (κ2) is 7.89. The predicted octanol–water partition coefficient (Wildman–Crippen LogP) is 3.27. The van der Waals surface area contributed by atoms with Crippen molar-refractivity contribution in [1.82, 2.24) is 4.90 Å². The molecule has 1 unspecified atom stereocenters. The normalized spacial score (nSPS) is 20.4. The van der Waals surface area contributed by atoms with Crippen molar-refractivity contribution in [2.24, 2.45) is 0 Å². The van der Waals surface area contributed by atoms with Crippen LogP contribution in [0.3, 0.4) is 0 Å². The number of methoxy groups -OCH3 is 2. The van der Waals surface area contributed by atoms with Gasteiger partial charge in [-0.25, -0.2) is 0 Å². The number of fused-ring (bicyclic) bond motifs is 2. The number of amides is 2. The first-order valence-electron chi connectivity index (χ1n) is 9.20. The highest BCUT2D eigenvalue weighted by molar-refractivity contribution is 8.01. The van der Waals surface area contributed by atoms with Crippen LogP contribution in [0.25, 0.3) is 0 Å². The fourth-order valence-electron chi connectivity index (χ4n) is 3.93. The summed E-state index contributed by atoms with van der Waals surface area (Å²) in [5.74, 6) is 0.951. The Morgan fingerprint density at radius 2 is 2.03 bits per heavy atom. The first kappa shape index (κ1) is 20.1. The maximum atomic E-state index is 13.8. The molecule has 0 radical (unpaired) electrons. The van der Waals surface area contributed by atoms with Crippen molar-refractivity contribution in [1.29, 1.82) is 0 Å².